The Morgan fingerprint density at radius 3 is 2.93 bits per heavy atom. The van der Waals surface area contributed by atoms with E-state index in [1.807, 2.05) is 0 Å². The van der Waals surface area contributed by atoms with Gasteiger partial charge in [0, 0.05) is 11.8 Å². The Morgan fingerprint density at radius 1 is 1.50 bits per heavy atom. The lowest BCUT2D eigenvalue weighted by Gasteiger charge is -2.40. The zero-order valence-corrected chi connectivity index (χ0v) is 9.21. The number of carbonyl (C=O) groups excluding carboxylic acids is 1. The van der Waals surface area contributed by atoms with Crippen molar-refractivity contribution in [3.05, 3.63) is 0 Å². The zero-order valence-electron chi connectivity index (χ0n) is 9.21. The first kappa shape index (κ1) is 10.2. The summed E-state index contributed by atoms with van der Waals surface area (Å²) in [6.07, 6.45) is 5.79. The van der Waals surface area contributed by atoms with Crippen LogP contribution < -0.4 is 0 Å². The molecule has 0 amide bonds. The highest BCUT2D eigenvalue weighted by molar-refractivity contribution is 5.90. The molecule has 0 N–H and O–H groups in total. The summed E-state index contributed by atoms with van der Waals surface area (Å²) < 4.78 is 5.74. The average molecular weight is 196 g/mol. The SMILES string of the molecule is CCCCC[C@H]1OC[C@@]2(C)CC(=O)[C@@H]12. The largest absolute Gasteiger partial charge is 0.377 e. The third kappa shape index (κ3) is 1.50. The summed E-state index contributed by atoms with van der Waals surface area (Å²) >= 11 is 0. The Bertz CT molecular complexity index is 236. The van der Waals surface area contributed by atoms with Gasteiger partial charge in [-0.3, -0.25) is 4.79 Å². The number of fused-ring (bicyclic) bond motifs is 1. The number of ether oxygens (including phenoxy) is 1. The lowest BCUT2D eigenvalue weighted by Crippen LogP contribution is -2.48. The number of hydrogen-bond acceptors (Lipinski definition) is 2. The molecule has 1 saturated heterocycles. The predicted molar refractivity (Wildman–Crippen MR) is 55.1 cm³/mol. The van der Waals surface area contributed by atoms with Gasteiger partial charge in [0.1, 0.15) is 5.78 Å². The molecule has 0 aromatic heterocycles. The van der Waals surface area contributed by atoms with Gasteiger partial charge in [0.05, 0.1) is 18.6 Å². The summed E-state index contributed by atoms with van der Waals surface area (Å²) in [5, 5.41) is 0. The molecule has 1 aliphatic heterocycles. The van der Waals surface area contributed by atoms with Crippen LogP contribution in [0.15, 0.2) is 0 Å². The van der Waals surface area contributed by atoms with Crippen LogP contribution in [0, 0.1) is 11.3 Å². The minimum atomic E-state index is 0.202. The van der Waals surface area contributed by atoms with Crippen molar-refractivity contribution in [1.29, 1.82) is 0 Å². The van der Waals surface area contributed by atoms with E-state index in [-0.39, 0.29) is 17.4 Å². The molecule has 2 rings (SSSR count). The van der Waals surface area contributed by atoms with Crippen molar-refractivity contribution in [3.63, 3.8) is 0 Å². The molecule has 1 aliphatic carbocycles. The summed E-state index contributed by atoms with van der Waals surface area (Å²) in [5.41, 5.74) is 0.202. The van der Waals surface area contributed by atoms with Crippen LogP contribution in [0.25, 0.3) is 0 Å². The molecule has 1 saturated carbocycles. The Morgan fingerprint density at radius 2 is 2.29 bits per heavy atom. The first-order valence-electron chi connectivity index (χ1n) is 5.82. The number of hydrogen-bond donors (Lipinski definition) is 0. The van der Waals surface area contributed by atoms with Gasteiger partial charge in [0.25, 0.3) is 0 Å². The maximum absolute atomic E-state index is 11.5. The van der Waals surface area contributed by atoms with Crippen LogP contribution in [-0.2, 0) is 9.53 Å². The normalized spacial score (nSPS) is 40.9. The molecule has 14 heavy (non-hydrogen) atoms. The van der Waals surface area contributed by atoms with E-state index >= 15 is 0 Å². The Kier molecular flexibility index (Phi) is 2.65. The van der Waals surface area contributed by atoms with Crippen LogP contribution in [-0.4, -0.2) is 18.5 Å². The second-order valence-corrected chi connectivity index (χ2v) is 5.12. The number of carbonyl (C=O) groups is 1. The predicted octanol–water partition coefficient (Wildman–Crippen LogP) is 2.56. The summed E-state index contributed by atoms with van der Waals surface area (Å²) in [6.45, 7) is 5.20. The van der Waals surface area contributed by atoms with E-state index in [2.05, 4.69) is 13.8 Å². The molecule has 2 aliphatic rings. The lowest BCUT2D eigenvalue weighted by atomic mass is 9.60. The molecular formula is C12H20O2. The number of Topliss-reactive ketones (excluding diaryl/α,β-unsaturated/α-hetero) is 1. The van der Waals surface area contributed by atoms with Gasteiger partial charge in [-0.2, -0.15) is 0 Å². The number of ketones is 1. The first-order chi connectivity index (χ1) is 6.67. The standard InChI is InChI=1S/C12H20O2/c1-3-4-5-6-10-11-9(13)7-12(11,2)8-14-10/h10-11H,3-8H2,1-2H3/t10-,11+,12-/m1/s1. The molecule has 0 spiro atoms. The van der Waals surface area contributed by atoms with E-state index in [0.717, 1.165) is 19.4 Å². The van der Waals surface area contributed by atoms with Crippen molar-refractivity contribution in [2.24, 2.45) is 11.3 Å². The van der Waals surface area contributed by atoms with Crippen LogP contribution in [0.4, 0.5) is 0 Å². The van der Waals surface area contributed by atoms with Gasteiger partial charge in [-0.05, 0) is 6.42 Å². The highest BCUT2D eigenvalue weighted by Crippen LogP contribution is 2.52. The summed E-state index contributed by atoms with van der Waals surface area (Å²) in [6, 6.07) is 0. The third-order valence-corrected chi connectivity index (χ3v) is 3.77. The zero-order chi connectivity index (χ0) is 10.2. The Hall–Kier alpha value is -0.370. The first-order valence-corrected chi connectivity index (χ1v) is 5.82. The molecule has 0 radical (unpaired) electrons. The van der Waals surface area contributed by atoms with Gasteiger partial charge in [0.2, 0.25) is 0 Å². The molecule has 3 atom stereocenters. The quantitative estimate of drug-likeness (QED) is 0.646. The second-order valence-electron chi connectivity index (χ2n) is 5.12. The van der Waals surface area contributed by atoms with Crippen LogP contribution in [0.2, 0.25) is 0 Å². The van der Waals surface area contributed by atoms with E-state index < -0.39 is 0 Å². The Labute approximate surface area is 86.0 Å². The van der Waals surface area contributed by atoms with Gasteiger partial charge in [-0.1, -0.05) is 33.1 Å². The minimum absolute atomic E-state index is 0.202. The van der Waals surface area contributed by atoms with Gasteiger partial charge >= 0.3 is 0 Å². The highest BCUT2D eigenvalue weighted by Gasteiger charge is 2.58. The van der Waals surface area contributed by atoms with Gasteiger partial charge < -0.3 is 4.74 Å². The van der Waals surface area contributed by atoms with Crippen molar-refractivity contribution in [2.75, 3.05) is 6.61 Å². The van der Waals surface area contributed by atoms with E-state index in [4.69, 9.17) is 4.74 Å². The van der Waals surface area contributed by atoms with Crippen LogP contribution in [0.1, 0.15) is 46.0 Å². The Balaban J connectivity index is 1.86. The second kappa shape index (κ2) is 3.65. The fourth-order valence-electron chi connectivity index (χ4n) is 2.91. The highest BCUT2D eigenvalue weighted by atomic mass is 16.5. The van der Waals surface area contributed by atoms with E-state index in [0.29, 0.717) is 5.78 Å². The topological polar surface area (TPSA) is 26.3 Å². The molecular weight excluding hydrogens is 176 g/mol. The summed E-state index contributed by atoms with van der Waals surface area (Å²) in [5.74, 6) is 0.672. The van der Waals surface area contributed by atoms with Crippen molar-refractivity contribution < 1.29 is 9.53 Å². The van der Waals surface area contributed by atoms with E-state index in [1.165, 1.54) is 19.3 Å². The molecule has 2 heteroatoms. The van der Waals surface area contributed by atoms with Crippen molar-refractivity contribution in [2.45, 2.75) is 52.1 Å². The number of rotatable bonds is 4. The monoisotopic (exact) mass is 196 g/mol. The van der Waals surface area contributed by atoms with E-state index in [9.17, 15) is 4.79 Å². The van der Waals surface area contributed by atoms with Crippen LogP contribution in [0.3, 0.4) is 0 Å². The molecule has 2 nitrogen and oxygen atoms in total. The summed E-state index contributed by atoms with van der Waals surface area (Å²) in [7, 11) is 0. The molecule has 80 valence electrons. The van der Waals surface area contributed by atoms with Crippen molar-refractivity contribution in [3.8, 4) is 0 Å². The van der Waals surface area contributed by atoms with Crippen LogP contribution in [0.5, 0.6) is 0 Å². The third-order valence-electron chi connectivity index (χ3n) is 3.77. The van der Waals surface area contributed by atoms with Crippen molar-refractivity contribution in [1.82, 2.24) is 0 Å². The maximum atomic E-state index is 11.5. The smallest absolute Gasteiger partial charge is 0.139 e. The molecule has 0 aromatic rings. The molecule has 2 fully saturated rings. The van der Waals surface area contributed by atoms with Gasteiger partial charge in [0.15, 0.2) is 0 Å². The van der Waals surface area contributed by atoms with E-state index in [1.54, 1.807) is 0 Å². The molecule has 0 bridgehead atoms. The number of unbranched alkanes of at least 4 members (excludes halogenated alkanes) is 2. The fraction of sp³-hybridized carbons (Fsp3) is 0.917. The minimum Gasteiger partial charge on any atom is -0.377 e. The average Bonchev–Trinajstić information content (AvgIpc) is 2.38. The van der Waals surface area contributed by atoms with Gasteiger partial charge in [-0.15, -0.1) is 0 Å². The maximum Gasteiger partial charge on any atom is 0.139 e. The molecule has 0 unspecified atom stereocenters. The van der Waals surface area contributed by atoms with Gasteiger partial charge in [-0.25, -0.2) is 0 Å². The fourth-order valence-corrected chi connectivity index (χ4v) is 2.91. The lowest BCUT2D eigenvalue weighted by molar-refractivity contribution is -0.139. The molecule has 1 heterocycles. The van der Waals surface area contributed by atoms with Crippen molar-refractivity contribution >= 4 is 5.78 Å². The molecule has 0 aromatic carbocycles. The summed E-state index contributed by atoms with van der Waals surface area (Å²) in [4.78, 5) is 11.5. The van der Waals surface area contributed by atoms with Crippen LogP contribution >= 0.6 is 0 Å².